The van der Waals surface area contributed by atoms with Gasteiger partial charge in [0.25, 0.3) is 10.2 Å². The number of alkyl halides is 2. The summed E-state index contributed by atoms with van der Waals surface area (Å²) < 4.78 is -2.09. The van der Waals surface area contributed by atoms with Crippen molar-refractivity contribution in [3.05, 3.63) is 35.9 Å². The number of hydrogen-bond donors (Lipinski definition) is 0. The van der Waals surface area contributed by atoms with E-state index < -0.39 is 16.0 Å². The molecule has 0 atom stereocenters. The first-order valence-electron chi connectivity index (χ1n) is 5.37. The molecule has 1 aromatic rings. The van der Waals surface area contributed by atoms with Gasteiger partial charge in [0, 0.05) is 12.1 Å². The van der Waals surface area contributed by atoms with Crippen molar-refractivity contribution in [3.8, 4) is 0 Å². The fourth-order valence-corrected chi connectivity index (χ4v) is 1.99. The third-order valence-electron chi connectivity index (χ3n) is 2.57. The van der Waals surface area contributed by atoms with E-state index in [1.807, 2.05) is 6.07 Å². The summed E-state index contributed by atoms with van der Waals surface area (Å²) in [6.07, 6.45) is 0. The van der Waals surface area contributed by atoms with Crippen LogP contribution in [0.1, 0.15) is 12.5 Å². The Labute approximate surface area is 114 Å². The Morgan fingerprint density at radius 3 is 2.39 bits per heavy atom. The lowest BCUT2D eigenvalue weighted by molar-refractivity contribution is -0.136. The highest BCUT2D eigenvalue weighted by Gasteiger charge is 2.50. The molecule has 94 valence electrons. The van der Waals surface area contributed by atoms with Crippen LogP contribution >= 0.6 is 23.2 Å². The van der Waals surface area contributed by atoms with Crippen LogP contribution in [0.25, 0.3) is 0 Å². The number of carbonyl (C=O) groups excluding carboxylic acids is 2. The van der Waals surface area contributed by atoms with Gasteiger partial charge in [-0.15, -0.1) is 0 Å². The van der Waals surface area contributed by atoms with Crippen LogP contribution in [0.15, 0.2) is 35.4 Å². The van der Waals surface area contributed by atoms with Gasteiger partial charge in [0.15, 0.2) is 0 Å². The topological polar surface area (TPSA) is 49.7 Å². The molecule has 0 saturated heterocycles. The number of halogens is 2. The van der Waals surface area contributed by atoms with Crippen LogP contribution < -0.4 is 0 Å². The summed E-state index contributed by atoms with van der Waals surface area (Å²) in [6, 6.07) is 8.77. The summed E-state index contributed by atoms with van der Waals surface area (Å²) in [6.45, 7) is 2.02. The predicted molar refractivity (Wildman–Crippen MR) is 69.8 cm³/mol. The molecule has 1 aliphatic heterocycles. The Bertz CT molecular complexity index is 526. The fourth-order valence-electron chi connectivity index (χ4n) is 1.62. The average Bonchev–Trinajstić information content (AvgIpc) is 2.38. The summed E-state index contributed by atoms with van der Waals surface area (Å²) in [5.41, 5.74) is 0.682. The predicted octanol–water partition coefficient (Wildman–Crippen LogP) is 2.00. The highest BCUT2D eigenvalue weighted by atomic mass is 35.5. The first kappa shape index (κ1) is 13.1. The molecule has 18 heavy (non-hydrogen) atoms. The number of rotatable bonds is 2. The summed E-state index contributed by atoms with van der Waals surface area (Å²) in [7, 11) is 0. The second-order valence-electron chi connectivity index (χ2n) is 3.74. The van der Waals surface area contributed by atoms with Gasteiger partial charge < -0.3 is 0 Å². The number of amides is 1. The number of nitrogens with zero attached hydrogens (tertiary/aromatic N) is 2. The van der Waals surface area contributed by atoms with Gasteiger partial charge in [-0.2, -0.15) is 5.10 Å². The van der Waals surface area contributed by atoms with E-state index in [-0.39, 0.29) is 5.71 Å². The third kappa shape index (κ3) is 2.02. The van der Waals surface area contributed by atoms with Crippen LogP contribution in [-0.4, -0.2) is 33.3 Å². The smallest absolute Gasteiger partial charge is 0.287 e. The fraction of sp³-hybridized carbons (Fsp3) is 0.250. The zero-order valence-corrected chi connectivity index (χ0v) is 11.1. The molecule has 0 radical (unpaired) electrons. The van der Waals surface area contributed by atoms with Crippen LogP contribution in [-0.2, 0) is 9.59 Å². The number of benzene rings is 1. The Kier molecular flexibility index (Phi) is 3.41. The Balaban J connectivity index is 2.53. The van der Waals surface area contributed by atoms with Gasteiger partial charge in [0.1, 0.15) is 5.71 Å². The molecule has 0 aromatic heterocycles. The van der Waals surface area contributed by atoms with E-state index in [1.54, 1.807) is 31.2 Å². The molecular formula is C12H10Cl2N2O2. The number of hydrazone groups is 1. The minimum Gasteiger partial charge on any atom is -0.288 e. The minimum atomic E-state index is -2.09. The summed E-state index contributed by atoms with van der Waals surface area (Å²) in [4.78, 5) is 23.9. The summed E-state index contributed by atoms with van der Waals surface area (Å²) in [5.74, 6) is -1.40. The van der Waals surface area contributed by atoms with E-state index in [0.29, 0.717) is 12.1 Å². The second kappa shape index (κ2) is 4.71. The minimum absolute atomic E-state index is 0.0991. The van der Waals surface area contributed by atoms with Gasteiger partial charge in [-0.1, -0.05) is 53.5 Å². The van der Waals surface area contributed by atoms with Crippen molar-refractivity contribution < 1.29 is 9.59 Å². The molecule has 2 rings (SSSR count). The van der Waals surface area contributed by atoms with Gasteiger partial charge in [0.2, 0.25) is 5.78 Å². The summed E-state index contributed by atoms with van der Waals surface area (Å²) >= 11 is 11.7. The molecule has 4 nitrogen and oxygen atoms in total. The maximum absolute atomic E-state index is 12.1. The molecule has 0 aliphatic carbocycles. The van der Waals surface area contributed by atoms with E-state index in [2.05, 4.69) is 5.10 Å². The molecule has 1 aromatic carbocycles. The first-order chi connectivity index (χ1) is 8.48. The Hall–Kier alpha value is -1.39. The SMILES string of the molecule is CCN1N=C(c2ccccc2)C(=O)C(Cl)(Cl)C1=O. The highest BCUT2D eigenvalue weighted by molar-refractivity contribution is 6.77. The van der Waals surface area contributed by atoms with Gasteiger partial charge in [-0.25, -0.2) is 5.01 Å². The van der Waals surface area contributed by atoms with Crippen LogP contribution in [0.3, 0.4) is 0 Å². The quantitative estimate of drug-likeness (QED) is 0.616. The van der Waals surface area contributed by atoms with Gasteiger partial charge in [-0.05, 0) is 6.92 Å². The molecule has 0 saturated carbocycles. The van der Waals surface area contributed by atoms with E-state index in [1.165, 1.54) is 0 Å². The number of ketones is 1. The van der Waals surface area contributed by atoms with Crippen LogP contribution in [0.5, 0.6) is 0 Å². The molecule has 0 unspecified atom stereocenters. The van der Waals surface area contributed by atoms with E-state index in [9.17, 15) is 9.59 Å². The normalized spacial score (nSPS) is 18.8. The van der Waals surface area contributed by atoms with Crippen molar-refractivity contribution in [3.63, 3.8) is 0 Å². The Morgan fingerprint density at radius 2 is 1.83 bits per heavy atom. The van der Waals surface area contributed by atoms with Crippen molar-refractivity contribution in [2.24, 2.45) is 5.10 Å². The van der Waals surface area contributed by atoms with E-state index in [4.69, 9.17) is 23.2 Å². The van der Waals surface area contributed by atoms with E-state index >= 15 is 0 Å². The molecule has 1 heterocycles. The maximum Gasteiger partial charge on any atom is 0.287 e. The lowest BCUT2D eigenvalue weighted by Crippen LogP contribution is -2.52. The lowest BCUT2D eigenvalue weighted by atomic mass is 10.0. The zero-order valence-electron chi connectivity index (χ0n) is 9.56. The molecule has 0 N–H and O–H groups in total. The van der Waals surface area contributed by atoms with E-state index in [0.717, 1.165) is 5.01 Å². The maximum atomic E-state index is 12.1. The van der Waals surface area contributed by atoms with Crippen molar-refractivity contribution in [1.29, 1.82) is 0 Å². The molecule has 0 spiro atoms. The Morgan fingerprint density at radius 1 is 1.22 bits per heavy atom. The molecule has 1 amide bonds. The van der Waals surface area contributed by atoms with Crippen LogP contribution in [0.4, 0.5) is 0 Å². The average molecular weight is 285 g/mol. The van der Waals surface area contributed by atoms with Crippen molar-refractivity contribution >= 4 is 40.6 Å². The second-order valence-corrected chi connectivity index (χ2v) is 5.07. The van der Waals surface area contributed by atoms with Crippen molar-refractivity contribution in [2.45, 2.75) is 11.3 Å². The molecule has 0 bridgehead atoms. The molecule has 1 aliphatic rings. The molecule has 6 heteroatoms. The lowest BCUT2D eigenvalue weighted by Gasteiger charge is -2.29. The van der Waals surface area contributed by atoms with Gasteiger partial charge in [0.05, 0.1) is 0 Å². The monoisotopic (exact) mass is 284 g/mol. The number of hydrogen-bond acceptors (Lipinski definition) is 3. The van der Waals surface area contributed by atoms with Crippen molar-refractivity contribution in [2.75, 3.05) is 6.54 Å². The van der Waals surface area contributed by atoms with Crippen LogP contribution in [0.2, 0.25) is 0 Å². The standard InChI is InChI=1S/C12H10Cl2N2O2/c1-2-16-11(18)12(13,14)10(17)9(15-16)8-6-4-3-5-7-8/h3-7H,2H2,1H3. The van der Waals surface area contributed by atoms with Gasteiger partial charge >= 0.3 is 0 Å². The first-order valence-corrected chi connectivity index (χ1v) is 6.12. The number of Topliss-reactive ketones (excluding diaryl/α,β-unsaturated/α-hetero) is 1. The zero-order chi connectivity index (χ0) is 13.3. The van der Waals surface area contributed by atoms with Crippen molar-refractivity contribution in [1.82, 2.24) is 5.01 Å². The number of carbonyl (C=O) groups is 2. The third-order valence-corrected chi connectivity index (χ3v) is 3.24. The summed E-state index contributed by atoms with van der Waals surface area (Å²) in [5, 5.41) is 5.11. The molecule has 0 fully saturated rings. The van der Waals surface area contributed by atoms with Gasteiger partial charge in [-0.3, -0.25) is 9.59 Å². The van der Waals surface area contributed by atoms with Crippen LogP contribution in [0, 0.1) is 0 Å². The highest BCUT2D eigenvalue weighted by Crippen LogP contribution is 2.30. The molecular weight excluding hydrogens is 275 g/mol. The largest absolute Gasteiger partial charge is 0.288 e.